The normalized spacial score (nSPS) is 10.4. The quantitative estimate of drug-likeness (QED) is 0.764. The number of hydrogen-bond acceptors (Lipinski definition) is 4. The van der Waals surface area contributed by atoms with Gasteiger partial charge in [-0.2, -0.15) is 0 Å². The molecule has 0 radical (unpaired) electrons. The highest BCUT2D eigenvalue weighted by atomic mass is 32.2. The van der Waals surface area contributed by atoms with E-state index in [4.69, 9.17) is 0 Å². The van der Waals surface area contributed by atoms with Crippen molar-refractivity contribution >= 4 is 11.8 Å². The third kappa shape index (κ3) is 1.72. The van der Waals surface area contributed by atoms with E-state index in [0.29, 0.717) is 5.82 Å². The number of aromatic amines is 1. The van der Waals surface area contributed by atoms with Crippen molar-refractivity contribution < 1.29 is 4.52 Å². The van der Waals surface area contributed by atoms with Crippen molar-refractivity contribution in [2.45, 2.75) is 4.90 Å². The fraction of sp³-hybridized carbons (Fsp3) is 0.111. The Bertz CT molecular complexity index is 489. The Morgan fingerprint density at radius 1 is 1.50 bits per heavy atom. The predicted octanol–water partition coefficient (Wildman–Crippen LogP) is 1.75. The summed E-state index contributed by atoms with van der Waals surface area (Å²) in [4.78, 5) is 14.3. The van der Waals surface area contributed by atoms with Crippen molar-refractivity contribution in [2.24, 2.45) is 0 Å². The van der Waals surface area contributed by atoms with Gasteiger partial charge in [0.25, 0.3) is 0 Å². The smallest absolute Gasteiger partial charge is 0.296 e. The highest BCUT2D eigenvalue weighted by molar-refractivity contribution is 7.98. The number of benzene rings is 1. The first kappa shape index (κ1) is 9.08. The zero-order chi connectivity index (χ0) is 9.97. The lowest BCUT2D eigenvalue weighted by molar-refractivity contribution is 0.388. The van der Waals surface area contributed by atoms with Gasteiger partial charge >= 0.3 is 5.76 Å². The zero-order valence-electron chi connectivity index (χ0n) is 7.48. The fourth-order valence-electron chi connectivity index (χ4n) is 1.12. The van der Waals surface area contributed by atoms with Crippen LogP contribution in [0, 0.1) is 0 Å². The molecule has 0 spiro atoms. The molecular formula is C9H8N2O2S. The molecule has 0 saturated heterocycles. The molecule has 14 heavy (non-hydrogen) atoms. The molecule has 1 N–H and O–H groups in total. The number of aromatic nitrogens is 2. The van der Waals surface area contributed by atoms with Gasteiger partial charge < -0.3 is 0 Å². The van der Waals surface area contributed by atoms with E-state index in [1.807, 2.05) is 30.5 Å². The molecule has 0 saturated carbocycles. The monoisotopic (exact) mass is 208 g/mol. The summed E-state index contributed by atoms with van der Waals surface area (Å²) in [5.41, 5.74) is 0.850. The molecule has 1 aromatic carbocycles. The van der Waals surface area contributed by atoms with Gasteiger partial charge in [-0.15, -0.1) is 11.8 Å². The lowest BCUT2D eigenvalue weighted by atomic mass is 10.2. The molecule has 72 valence electrons. The van der Waals surface area contributed by atoms with E-state index in [-0.39, 0.29) is 0 Å². The highest BCUT2D eigenvalue weighted by Gasteiger charge is 2.03. The first-order chi connectivity index (χ1) is 6.79. The first-order valence-electron chi connectivity index (χ1n) is 4.00. The maximum atomic E-state index is 10.7. The Hall–Kier alpha value is -1.49. The topological polar surface area (TPSA) is 58.9 Å². The molecule has 1 heterocycles. The second kappa shape index (κ2) is 3.71. The van der Waals surface area contributed by atoms with Gasteiger partial charge in [-0.3, -0.25) is 9.51 Å². The van der Waals surface area contributed by atoms with Crippen molar-refractivity contribution in [1.82, 2.24) is 10.1 Å². The molecule has 2 rings (SSSR count). The first-order valence-corrected chi connectivity index (χ1v) is 5.22. The van der Waals surface area contributed by atoms with Crippen LogP contribution in [0.1, 0.15) is 0 Å². The van der Waals surface area contributed by atoms with Crippen molar-refractivity contribution in [3.8, 4) is 11.4 Å². The lowest BCUT2D eigenvalue weighted by Crippen LogP contribution is -1.94. The van der Waals surface area contributed by atoms with E-state index in [1.54, 1.807) is 11.8 Å². The maximum absolute atomic E-state index is 10.7. The minimum absolute atomic E-state index is 0.464. The minimum atomic E-state index is -0.533. The minimum Gasteiger partial charge on any atom is -0.296 e. The second-order valence-electron chi connectivity index (χ2n) is 2.68. The van der Waals surface area contributed by atoms with Gasteiger partial charge in [-0.25, -0.2) is 4.79 Å². The summed E-state index contributed by atoms with van der Waals surface area (Å²) in [7, 11) is 0. The summed E-state index contributed by atoms with van der Waals surface area (Å²) in [6.07, 6.45) is 1.99. The molecule has 0 bridgehead atoms. The standard InChI is InChI=1S/C9H8N2O2S/c1-14-7-4-2-3-6(5-7)8-10-9(12)13-11-8/h2-5H,1H3,(H,10,11,12). The van der Waals surface area contributed by atoms with Crippen molar-refractivity contribution in [1.29, 1.82) is 0 Å². The molecule has 0 aliphatic carbocycles. The van der Waals surface area contributed by atoms with Crippen molar-refractivity contribution in [3.63, 3.8) is 0 Å². The van der Waals surface area contributed by atoms with Crippen LogP contribution in [0.5, 0.6) is 0 Å². The Morgan fingerprint density at radius 2 is 2.36 bits per heavy atom. The average Bonchev–Trinajstić information content (AvgIpc) is 2.65. The molecule has 0 amide bonds. The van der Waals surface area contributed by atoms with Crippen LogP contribution >= 0.6 is 11.8 Å². The van der Waals surface area contributed by atoms with Gasteiger partial charge in [-0.1, -0.05) is 17.3 Å². The highest BCUT2D eigenvalue weighted by Crippen LogP contribution is 2.20. The summed E-state index contributed by atoms with van der Waals surface area (Å²) in [5, 5.41) is 3.61. The van der Waals surface area contributed by atoms with Gasteiger partial charge in [0.1, 0.15) is 0 Å². The van der Waals surface area contributed by atoms with Crippen LogP contribution in [-0.2, 0) is 0 Å². The lowest BCUT2D eigenvalue weighted by Gasteiger charge is -1.97. The third-order valence-electron chi connectivity index (χ3n) is 1.78. The van der Waals surface area contributed by atoms with Crippen LogP contribution < -0.4 is 5.76 Å². The van der Waals surface area contributed by atoms with E-state index in [2.05, 4.69) is 14.7 Å². The molecule has 0 atom stereocenters. The molecule has 2 aromatic rings. The van der Waals surface area contributed by atoms with Crippen molar-refractivity contribution in [3.05, 3.63) is 34.8 Å². The molecule has 0 unspecified atom stereocenters. The van der Waals surface area contributed by atoms with Gasteiger partial charge in [0, 0.05) is 10.5 Å². The number of hydrogen-bond donors (Lipinski definition) is 1. The molecule has 0 fully saturated rings. The van der Waals surface area contributed by atoms with Crippen molar-refractivity contribution in [2.75, 3.05) is 6.26 Å². The molecule has 4 nitrogen and oxygen atoms in total. The maximum Gasteiger partial charge on any atom is 0.439 e. The Labute approximate surface area is 84.3 Å². The van der Waals surface area contributed by atoms with E-state index >= 15 is 0 Å². The van der Waals surface area contributed by atoms with E-state index < -0.39 is 5.76 Å². The Balaban J connectivity index is 2.46. The van der Waals surface area contributed by atoms with Gasteiger partial charge in [0.15, 0.2) is 5.82 Å². The summed E-state index contributed by atoms with van der Waals surface area (Å²) in [6, 6.07) is 7.71. The summed E-state index contributed by atoms with van der Waals surface area (Å²) >= 11 is 1.63. The Kier molecular flexibility index (Phi) is 2.41. The predicted molar refractivity (Wildman–Crippen MR) is 54.3 cm³/mol. The summed E-state index contributed by atoms with van der Waals surface area (Å²) < 4.78 is 4.42. The van der Waals surface area contributed by atoms with Crippen LogP contribution in [0.4, 0.5) is 0 Å². The largest absolute Gasteiger partial charge is 0.439 e. The molecule has 5 heteroatoms. The third-order valence-corrected chi connectivity index (χ3v) is 2.51. The number of nitrogens with one attached hydrogen (secondary N) is 1. The van der Waals surface area contributed by atoms with Gasteiger partial charge in [-0.05, 0) is 18.4 Å². The number of rotatable bonds is 2. The molecule has 0 aliphatic heterocycles. The number of nitrogens with zero attached hydrogens (tertiary/aromatic N) is 1. The second-order valence-corrected chi connectivity index (χ2v) is 3.56. The van der Waals surface area contributed by atoms with E-state index in [9.17, 15) is 4.79 Å². The molecular weight excluding hydrogens is 200 g/mol. The number of thioether (sulfide) groups is 1. The summed E-state index contributed by atoms with van der Waals surface area (Å²) in [5.74, 6) is -0.0690. The van der Waals surface area contributed by atoms with Crippen LogP contribution in [0.15, 0.2) is 38.5 Å². The Morgan fingerprint density at radius 3 is 3.00 bits per heavy atom. The van der Waals surface area contributed by atoms with Crippen LogP contribution in [0.2, 0.25) is 0 Å². The SMILES string of the molecule is CSc1cccc(-c2noc(=O)[nH]2)c1. The molecule has 1 aromatic heterocycles. The van der Waals surface area contributed by atoms with Gasteiger partial charge in [0.05, 0.1) is 0 Å². The van der Waals surface area contributed by atoms with Crippen LogP contribution in [0.25, 0.3) is 11.4 Å². The summed E-state index contributed by atoms with van der Waals surface area (Å²) in [6.45, 7) is 0. The average molecular weight is 208 g/mol. The fourth-order valence-corrected chi connectivity index (χ4v) is 1.58. The zero-order valence-corrected chi connectivity index (χ0v) is 8.30. The number of H-pyrrole nitrogens is 1. The van der Waals surface area contributed by atoms with Crippen LogP contribution in [-0.4, -0.2) is 16.4 Å². The van der Waals surface area contributed by atoms with E-state index in [1.165, 1.54) is 0 Å². The van der Waals surface area contributed by atoms with Crippen LogP contribution in [0.3, 0.4) is 0 Å². The van der Waals surface area contributed by atoms with E-state index in [0.717, 1.165) is 10.5 Å². The van der Waals surface area contributed by atoms with Gasteiger partial charge in [0.2, 0.25) is 0 Å². The molecule has 0 aliphatic rings.